The lowest BCUT2D eigenvalue weighted by Crippen LogP contribution is -2.11. The van der Waals surface area contributed by atoms with Gasteiger partial charge in [0, 0.05) is 33.1 Å². The van der Waals surface area contributed by atoms with Crippen molar-refractivity contribution in [2.24, 2.45) is 0 Å². The van der Waals surface area contributed by atoms with Crippen molar-refractivity contribution in [3.63, 3.8) is 0 Å². The van der Waals surface area contributed by atoms with Crippen molar-refractivity contribution >= 4 is 49.8 Å². The van der Waals surface area contributed by atoms with Gasteiger partial charge in [0.05, 0.1) is 23.5 Å². The minimum atomic E-state index is -0.783. The van der Waals surface area contributed by atoms with E-state index in [-0.39, 0.29) is 5.69 Å². The normalized spacial score (nSPS) is 14.4. The lowest BCUT2D eigenvalue weighted by molar-refractivity contribution is 0.673. The van der Waals surface area contributed by atoms with E-state index < -0.39 is 101 Å². The van der Waals surface area contributed by atoms with Gasteiger partial charge in [0.15, 0.2) is 0 Å². The molecule has 0 radical (unpaired) electrons. The highest BCUT2D eigenvalue weighted by Crippen LogP contribution is 2.45. The summed E-state index contributed by atoms with van der Waals surface area (Å²) in [5.41, 5.74) is 5.24. The number of para-hydroxylation sites is 1. The predicted octanol–water partition coefficient (Wildman–Crippen LogP) is 16.5. The van der Waals surface area contributed by atoms with E-state index in [1.165, 1.54) is 0 Å². The van der Waals surface area contributed by atoms with Gasteiger partial charge in [-0.25, -0.2) is 0 Å². The molecule has 0 N–H and O–H groups in total. The Morgan fingerprint density at radius 1 is 0.367 bits per heavy atom. The first kappa shape index (κ1) is 24.1. The Hall–Kier alpha value is -7.94. The van der Waals surface area contributed by atoms with Crippen molar-refractivity contribution in [2.75, 3.05) is 4.90 Å². The second kappa shape index (κ2) is 15.1. The van der Waals surface area contributed by atoms with Gasteiger partial charge >= 0.3 is 0 Å². The van der Waals surface area contributed by atoms with Crippen LogP contribution < -0.4 is 4.90 Å². The molecule has 282 valence electrons. The van der Waals surface area contributed by atoms with E-state index in [1.54, 1.807) is 4.90 Å². The molecule has 0 spiro atoms. The molecule has 1 aromatic heterocycles. The van der Waals surface area contributed by atoms with Gasteiger partial charge in [-0.15, -0.1) is 0 Å². The Bertz CT molecular complexity index is 3990. The summed E-state index contributed by atoms with van der Waals surface area (Å²) in [5, 5.41) is 3.81. The summed E-state index contributed by atoms with van der Waals surface area (Å²) in [7, 11) is 0. The summed E-state index contributed by atoms with van der Waals surface area (Å²) < 4.78 is 123. The van der Waals surface area contributed by atoms with Crippen molar-refractivity contribution in [3.8, 4) is 55.6 Å². The molecule has 1 heterocycles. The number of fused-ring (bicyclic) bond motifs is 5. The van der Waals surface area contributed by atoms with Crippen molar-refractivity contribution in [3.05, 3.63) is 236 Å². The van der Waals surface area contributed by atoms with E-state index in [0.717, 1.165) is 54.9 Å². The van der Waals surface area contributed by atoms with Crippen LogP contribution in [0.4, 0.5) is 17.1 Å². The third-order valence-corrected chi connectivity index (χ3v) is 10.7. The molecule has 0 saturated carbocycles. The van der Waals surface area contributed by atoms with Crippen LogP contribution in [-0.2, 0) is 0 Å². The van der Waals surface area contributed by atoms with E-state index in [2.05, 4.69) is 12.1 Å². The summed E-state index contributed by atoms with van der Waals surface area (Å²) in [5.74, 6) is 0. The maximum Gasteiger partial charge on any atom is 0.143 e. The summed E-state index contributed by atoms with van der Waals surface area (Å²) >= 11 is 0. The van der Waals surface area contributed by atoms with Crippen LogP contribution in [0.1, 0.15) is 17.8 Å². The SMILES string of the molecule is [2H]c1c([2H])c([2H])c(-c2c([2H])c([2H])c(-c3c([2H])c([2H])c(N(c4cccc(-c5cccc6oc7c8ccccc8ccc7c56)c4)c4ccccc4-c4ccc(-c5ccccc5)cc4)c([2H])c3[2H])c([2H])c2[2H])c([2H])c1[2H]. The minimum Gasteiger partial charge on any atom is -0.455 e. The first-order valence-corrected chi connectivity index (χ1v) is 19.4. The molecule has 0 bridgehead atoms. The second-order valence-electron chi connectivity index (χ2n) is 14.3. The lowest BCUT2D eigenvalue weighted by Gasteiger charge is -2.28. The molecule has 0 fully saturated rings. The number of hydrogen-bond donors (Lipinski definition) is 0. The predicted molar refractivity (Wildman–Crippen MR) is 253 cm³/mol. The topological polar surface area (TPSA) is 16.4 Å². The standard InChI is InChI=1S/C58H39NO/c1-3-13-40(14-4-1)42-25-27-44(28-26-42)45-33-36-49(37-34-45)59(55-23-10-9-20-51(55)47-31-29-43(30-32-47)41-15-5-2-6-16-41)50-19-11-18-48(39-50)52-22-12-24-56-57(52)54-38-35-46-17-7-8-21-53(46)58(54)60-56/h1-39H/i1D,3D,4D,13D,14D,25D,26D,27D,28D,33D,34D,36D,37D. The molecule has 0 aliphatic rings. The van der Waals surface area contributed by atoms with Gasteiger partial charge < -0.3 is 9.32 Å². The molecular formula is C58H39NO. The lowest BCUT2D eigenvalue weighted by atomic mass is 9.96. The highest BCUT2D eigenvalue weighted by atomic mass is 16.3. The smallest absolute Gasteiger partial charge is 0.143 e. The van der Waals surface area contributed by atoms with Crippen molar-refractivity contribution in [1.29, 1.82) is 0 Å². The van der Waals surface area contributed by atoms with E-state index in [1.807, 2.05) is 146 Å². The molecule has 0 aliphatic carbocycles. The molecule has 0 unspecified atom stereocenters. The van der Waals surface area contributed by atoms with Crippen molar-refractivity contribution in [1.82, 2.24) is 0 Å². The van der Waals surface area contributed by atoms with Crippen LogP contribution in [0, 0.1) is 0 Å². The molecular weight excluding hydrogens is 727 g/mol. The number of hydrogen-bond acceptors (Lipinski definition) is 2. The summed E-state index contributed by atoms with van der Waals surface area (Å²) in [6.45, 7) is 0. The van der Waals surface area contributed by atoms with E-state index in [0.29, 0.717) is 22.5 Å². The van der Waals surface area contributed by atoms with Gasteiger partial charge in [-0.05, 0) is 97.9 Å². The summed E-state index contributed by atoms with van der Waals surface area (Å²) in [6, 6.07) is 41.8. The Balaban J connectivity index is 1.13. The van der Waals surface area contributed by atoms with Gasteiger partial charge in [-0.1, -0.05) is 194 Å². The first-order valence-electron chi connectivity index (χ1n) is 25.9. The maximum absolute atomic E-state index is 9.79. The largest absolute Gasteiger partial charge is 0.455 e. The van der Waals surface area contributed by atoms with Gasteiger partial charge in [-0.3, -0.25) is 0 Å². The average molecular weight is 779 g/mol. The molecule has 0 atom stereocenters. The monoisotopic (exact) mass is 778 g/mol. The number of rotatable bonds is 8. The van der Waals surface area contributed by atoms with Crippen LogP contribution in [0.3, 0.4) is 0 Å². The zero-order chi connectivity index (χ0) is 51.1. The first-order chi connectivity index (χ1) is 35.2. The Morgan fingerprint density at radius 2 is 0.967 bits per heavy atom. The molecule has 11 aromatic rings. The number of nitrogens with zero attached hydrogens (tertiary/aromatic N) is 1. The van der Waals surface area contributed by atoms with Crippen LogP contribution in [0.25, 0.3) is 88.3 Å². The van der Waals surface area contributed by atoms with Crippen LogP contribution in [0.2, 0.25) is 0 Å². The number of furan rings is 1. The van der Waals surface area contributed by atoms with E-state index >= 15 is 0 Å². The van der Waals surface area contributed by atoms with Crippen molar-refractivity contribution < 1.29 is 22.2 Å². The van der Waals surface area contributed by atoms with E-state index in [4.69, 9.17) is 14.0 Å². The van der Waals surface area contributed by atoms with Crippen LogP contribution >= 0.6 is 0 Å². The molecule has 2 heteroatoms. The van der Waals surface area contributed by atoms with Crippen molar-refractivity contribution in [2.45, 2.75) is 0 Å². The second-order valence-corrected chi connectivity index (χ2v) is 14.3. The van der Waals surface area contributed by atoms with Crippen LogP contribution in [0.5, 0.6) is 0 Å². The van der Waals surface area contributed by atoms with Gasteiger partial charge in [0.2, 0.25) is 0 Å². The van der Waals surface area contributed by atoms with E-state index in [9.17, 15) is 8.22 Å². The van der Waals surface area contributed by atoms with Gasteiger partial charge in [-0.2, -0.15) is 0 Å². The third kappa shape index (κ3) is 6.41. The Kier molecular flexibility index (Phi) is 6.06. The fraction of sp³-hybridized carbons (Fsp3) is 0. The fourth-order valence-corrected chi connectivity index (χ4v) is 7.86. The number of benzene rings is 10. The fourth-order valence-electron chi connectivity index (χ4n) is 7.86. The van der Waals surface area contributed by atoms with Gasteiger partial charge in [0.1, 0.15) is 11.2 Å². The molecule has 0 aliphatic heterocycles. The summed E-state index contributed by atoms with van der Waals surface area (Å²) in [4.78, 5) is 1.67. The average Bonchev–Trinajstić information content (AvgIpc) is 3.82. The number of anilines is 3. The third-order valence-electron chi connectivity index (χ3n) is 10.7. The Labute approximate surface area is 368 Å². The minimum absolute atomic E-state index is 0.159. The highest BCUT2D eigenvalue weighted by Gasteiger charge is 2.20. The zero-order valence-corrected chi connectivity index (χ0v) is 31.9. The molecule has 0 saturated heterocycles. The Morgan fingerprint density at radius 3 is 1.75 bits per heavy atom. The molecule has 2 nitrogen and oxygen atoms in total. The molecule has 0 amide bonds. The highest BCUT2D eigenvalue weighted by molar-refractivity contribution is 6.19. The molecule has 10 aromatic carbocycles. The zero-order valence-electron chi connectivity index (χ0n) is 44.9. The summed E-state index contributed by atoms with van der Waals surface area (Å²) in [6.07, 6.45) is 0. The molecule has 11 rings (SSSR count). The van der Waals surface area contributed by atoms with Gasteiger partial charge in [0.25, 0.3) is 0 Å². The van der Waals surface area contributed by atoms with Crippen LogP contribution in [0.15, 0.2) is 241 Å². The molecule has 60 heavy (non-hydrogen) atoms. The van der Waals surface area contributed by atoms with Crippen LogP contribution in [-0.4, -0.2) is 0 Å². The quantitative estimate of drug-likeness (QED) is 0.153. The maximum atomic E-state index is 9.79.